The molecule has 0 unspecified atom stereocenters. The highest BCUT2D eigenvalue weighted by Gasteiger charge is 2.45. The van der Waals surface area contributed by atoms with Crippen molar-refractivity contribution in [3.63, 3.8) is 0 Å². The molecule has 0 aliphatic rings. The van der Waals surface area contributed by atoms with Gasteiger partial charge in [0.1, 0.15) is 0 Å². The summed E-state index contributed by atoms with van der Waals surface area (Å²) in [5, 5.41) is 10.2. The van der Waals surface area contributed by atoms with Gasteiger partial charge in [0.25, 0.3) is 0 Å². The molecular weight excluding hydrogens is 643 g/mol. The number of nitrogens with zero attached hydrogens (tertiary/aromatic N) is 3. The molecule has 0 fully saturated rings. The number of benzene rings is 3. The molecule has 7 rings (SSSR count). The molecule has 0 bridgehead atoms. The van der Waals surface area contributed by atoms with E-state index in [0.29, 0.717) is 16.6 Å². The van der Waals surface area contributed by atoms with E-state index in [4.69, 9.17) is 9.97 Å². The van der Waals surface area contributed by atoms with Crippen molar-refractivity contribution in [2.75, 3.05) is 0 Å². The van der Waals surface area contributed by atoms with Gasteiger partial charge in [-0.3, -0.25) is 9.97 Å². The number of hydrogen-bond acceptors (Lipinski definition) is 2. The van der Waals surface area contributed by atoms with E-state index >= 15 is 0 Å². The van der Waals surface area contributed by atoms with Crippen molar-refractivity contribution in [1.29, 1.82) is 0 Å². The minimum absolute atomic E-state index is 0.609. The van der Waals surface area contributed by atoms with Crippen LogP contribution >= 0.6 is 0 Å². The second-order valence-electron chi connectivity index (χ2n) is 17.4. The van der Waals surface area contributed by atoms with Crippen LogP contribution < -0.4 is 15.6 Å². The lowest BCUT2D eigenvalue weighted by molar-refractivity contribution is 0.835. The maximum atomic E-state index is 5.35. The molecular formula is C43H53N3Si3. The van der Waals surface area contributed by atoms with Gasteiger partial charge in [0.05, 0.1) is 64.6 Å². The van der Waals surface area contributed by atoms with Crippen LogP contribution in [0.4, 0.5) is 0 Å². The quantitative estimate of drug-likeness (QED) is 0.148. The first-order chi connectivity index (χ1) is 23.1. The summed E-state index contributed by atoms with van der Waals surface area (Å²) < 4.78 is 2.55. The van der Waals surface area contributed by atoms with Crippen molar-refractivity contribution in [2.45, 2.75) is 97.4 Å². The Morgan fingerprint density at radius 3 is 1.22 bits per heavy atom. The molecule has 0 amide bonds. The molecule has 6 heteroatoms. The monoisotopic (exact) mass is 695 g/mol. The highest BCUT2D eigenvalue weighted by Crippen LogP contribution is 2.45. The molecule has 0 N–H and O–H groups in total. The summed E-state index contributed by atoms with van der Waals surface area (Å²) in [5.41, 5.74) is 10.4. The molecule has 252 valence electrons. The van der Waals surface area contributed by atoms with Gasteiger partial charge in [-0.15, -0.1) is 0 Å². The van der Waals surface area contributed by atoms with Gasteiger partial charge in [-0.2, -0.15) is 0 Å². The van der Waals surface area contributed by atoms with E-state index in [2.05, 4.69) is 170 Å². The second kappa shape index (κ2) is 11.7. The Hall–Kier alpha value is -3.59. The lowest BCUT2D eigenvalue weighted by Gasteiger charge is -2.44. The number of aromatic nitrogens is 3. The SMILES string of the molecule is CC(C)[Si](c1cc2c3c([Si](C)(C)C)c(-c4ccccc4)ncc3n3c4cnc(-c5ccccc5)c([Si](C)(C)C)c4c(c1)c23)(C(C)C)C(C)C. The average Bonchev–Trinajstić information content (AvgIpc) is 3.55. The summed E-state index contributed by atoms with van der Waals surface area (Å²) in [5.74, 6) is 0. The molecule has 7 aromatic rings. The van der Waals surface area contributed by atoms with Gasteiger partial charge in [-0.25, -0.2) is 0 Å². The zero-order valence-corrected chi connectivity index (χ0v) is 34.7. The van der Waals surface area contributed by atoms with Crippen molar-refractivity contribution in [3.8, 4) is 22.5 Å². The summed E-state index contributed by atoms with van der Waals surface area (Å²) >= 11 is 0. The summed E-state index contributed by atoms with van der Waals surface area (Å²) in [6.07, 6.45) is 4.36. The minimum Gasteiger partial charge on any atom is -0.305 e. The first-order valence-electron chi connectivity index (χ1n) is 18.3. The summed E-state index contributed by atoms with van der Waals surface area (Å²) in [4.78, 5) is 10.7. The maximum Gasteiger partial charge on any atom is 0.0943 e. The van der Waals surface area contributed by atoms with Crippen molar-refractivity contribution in [1.82, 2.24) is 14.4 Å². The standard InChI is InChI=1S/C43H53N3Si3/c1-27(2)49(28(3)4,29(5)6)32-23-33-37-35(25-44-39(42(37)47(7,8)9)30-19-15-13-16-20-30)46-36-26-45-40(31-21-17-14-18-22-31)43(48(10,11)12)38(36)34(24-32)41(33)46/h13-29H,1-12H3. The third-order valence-corrected chi connectivity index (χ3v) is 22.4. The molecule has 0 aliphatic heterocycles. The number of pyridine rings is 2. The zero-order chi connectivity index (χ0) is 35.2. The van der Waals surface area contributed by atoms with Gasteiger partial charge in [-0.05, 0) is 27.0 Å². The zero-order valence-electron chi connectivity index (χ0n) is 31.7. The molecule has 0 saturated heterocycles. The maximum absolute atomic E-state index is 5.35. The Kier molecular flexibility index (Phi) is 8.12. The number of rotatable bonds is 8. The molecule has 49 heavy (non-hydrogen) atoms. The largest absolute Gasteiger partial charge is 0.305 e. The number of fused-ring (bicyclic) bond motifs is 6. The van der Waals surface area contributed by atoms with Gasteiger partial charge < -0.3 is 4.40 Å². The molecule has 0 spiro atoms. The van der Waals surface area contributed by atoms with Gasteiger partial charge >= 0.3 is 0 Å². The predicted molar refractivity (Wildman–Crippen MR) is 224 cm³/mol. The summed E-state index contributed by atoms with van der Waals surface area (Å²) in [6.45, 7) is 30.0. The fourth-order valence-electron chi connectivity index (χ4n) is 9.85. The fourth-order valence-corrected chi connectivity index (χ4v) is 20.5. The van der Waals surface area contributed by atoms with E-state index in [1.807, 2.05) is 0 Å². The summed E-state index contributed by atoms with van der Waals surface area (Å²) in [6, 6.07) is 27.1. The van der Waals surface area contributed by atoms with Crippen LogP contribution in [-0.4, -0.2) is 38.6 Å². The molecule has 0 saturated carbocycles. The van der Waals surface area contributed by atoms with E-state index in [1.54, 1.807) is 5.19 Å². The van der Waals surface area contributed by atoms with Crippen LogP contribution in [0.25, 0.3) is 60.6 Å². The van der Waals surface area contributed by atoms with Crippen LogP contribution in [0, 0.1) is 0 Å². The van der Waals surface area contributed by atoms with Gasteiger partial charge in [0.2, 0.25) is 0 Å². The van der Waals surface area contributed by atoms with Gasteiger partial charge in [-0.1, -0.05) is 159 Å². The van der Waals surface area contributed by atoms with Crippen LogP contribution in [-0.2, 0) is 0 Å². The predicted octanol–water partition coefficient (Wildman–Crippen LogP) is 10.9. The highest BCUT2D eigenvalue weighted by atomic mass is 28.3. The van der Waals surface area contributed by atoms with Crippen molar-refractivity contribution >= 4 is 77.9 Å². The van der Waals surface area contributed by atoms with Crippen LogP contribution in [0.3, 0.4) is 0 Å². The Bertz CT molecular complexity index is 2160. The van der Waals surface area contributed by atoms with Gasteiger partial charge in [0.15, 0.2) is 0 Å². The Morgan fingerprint density at radius 1 is 0.531 bits per heavy atom. The molecule has 4 heterocycles. The molecule has 4 aromatic heterocycles. The molecule has 0 radical (unpaired) electrons. The van der Waals surface area contributed by atoms with Crippen LogP contribution in [0.15, 0.2) is 85.2 Å². The van der Waals surface area contributed by atoms with E-state index in [0.717, 1.165) is 11.4 Å². The van der Waals surface area contributed by atoms with E-state index in [-0.39, 0.29) is 0 Å². The highest BCUT2D eigenvalue weighted by molar-refractivity contribution is 6.96. The topological polar surface area (TPSA) is 30.2 Å². The Balaban J connectivity index is 1.79. The molecule has 0 aliphatic carbocycles. The third-order valence-electron chi connectivity index (χ3n) is 11.4. The van der Waals surface area contributed by atoms with Gasteiger partial charge in [0, 0.05) is 32.7 Å². The lowest BCUT2D eigenvalue weighted by atomic mass is 10.0. The fraction of sp³-hybridized carbons (Fsp3) is 0.349. The van der Waals surface area contributed by atoms with Crippen molar-refractivity contribution in [2.24, 2.45) is 0 Å². The molecule has 3 aromatic carbocycles. The van der Waals surface area contributed by atoms with Crippen molar-refractivity contribution in [3.05, 3.63) is 85.2 Å². The van der Waals surface area contributed by atoms with E-state index in [9.17, 15) is 0 Å². The van der Waals surface area contributed by atoms with Crippen LogP contribution in [0.2, 0.25) is 55.9 Å². The third kappa shape index (κ3) is 5.00. The Labute approximate surface area is 296 Å². The van der Waals surface area contributed by atoms with Crippen LogP contribution in [0.1, 0.15) is 41.5 Å². The van der Waals surface area contributed by atoms with Crippen molar-refractivity contribution < 1.29 is 0 Å². The first-order valence-corrected chi connectivity index (χ1v) is 27.5. The smallest absolute Gasteiger partial charge is 0.0943 e. The van der Waals surface area contributed by atoms with Crippen LogP contribution in [0.5, 0.6) is 0 Å². The molecule has 3 nitrogen and oxygen atoms in total. The minimum atomic E-state index is -2.03. The van der Waals surface area contributed by atoms with E-state index in [1.165, 1.54) is 59.6 Å². The first kappa shape index (κ1) is 33.9. The Morgan fingerprint density at radius 2 is 0.898 bits per heavy atom. The lowest BCUT2D eigenvalue weighted by Crippen LogP contribution is -2.55. The molecule has 0 atom stereocenters. The van der Waals surface area contributed by atoms with E-state index < -0.39 is 24.2 Å². The summed E-state index contributed by atoms with van der Waals surface area (Å²) in [7, 11) is -5.85. The average molecular weight is 696 g/mol. The normalized spacial score (nSPS) is 13.4. The number of hydrogen-bond donors (Lipinski definition) is 0. The second-order valence-corrected chi connectivity index (χ2v) is 33.3.